The van der Waals surface area contributed by atoms with E-state index in [9.17, 15) is 24.6 Å². The van der Waals surface area contributed by atoms with Crippen LogP contribution in [0.3, 0.4) is 0 Å². The second kappa shape index (κ2) is 5.97. The predicted octanol–water partition coefficient (Wildman–Crippen LogP) is 1.38. The molecular formula is C17H14O8. The van der Waals surface area contributed by atoms with E-state index < -0.39 is 34.8 Å². The van der Waals surface area contributed by atoms with E-state index in [1.165, 1.54) is 20.3 Å². The monoisotopic (exact) mass is 346 g/mol. The first-order valence-electron chi connectivity index (χ1n) is 7.30. The number of esters is 2. The average molecular weight is 346 g/mol. The van der Waals surface area contributed by atoms with Gasteiger partial charge in [0.05, 0.1) is 25.4 Å². The standard InChI is InChI=1S/C17H14O8/c1-23-10-5-7-3-4-8-12(17(22)25-16(8)21)13(15(19)20)14(18)9(7)6-11(10)24-2/h5-6,18H,3-4H2,1-2H3,(H,19,20)/b14-13-. The van der Waals surface area contributed by atoms with Gasteiger partial charge < -0.3 is 24.4 Å². The Balaban J connectivity index is 2.33. The number of rotatable bonds is 3. The summed E-state index contributed by atoms with van der Waals surface area (Å²) in [6.07, 6.45) is 0.361. The summed E-state index contributed by atoms with van der Waals surface area (Å²) in [5.41, 5.74) is -0.398. The molecule has 0 unspecified atom stereocenters. The summed E-state index contributed by atoms with van der Waals surface area (Å²) in [6.45, 7) is 0. The van der Waals surface area contributed by atoms with E-state index in [1.807, 2.05) is 0 Å². The number of methoxy groups -OCH3 is 2. The molecule has 2 aliphatic rings. The Morgan fingerprint density at radius 1 is 1.08 bits per heavy atom. The number of ether oxygens (including phenoxy) is 3. The first-order valence-corrected chi connectivity index (χ1v) is 7.30. The highest BCUT2D eigenvalue weighted by molar-refractivity contribution is 6.21. The van der Waals surface area contributed by atoms with E-state index in [4.69, 9.17) is 9.47 Å². The third-order valence-electron chi connectivity index (χ3n) is 4.15. The summed E-state index contributed by atoms with van der Waals surface area (Å²) in [5, 5.41) is 20.1. The number of aliphatic hydroxyl groups excluding tert-OH is 1. The van der Waals surface area contributed by atoms with Crippen molar-refractivity contribution in [2.75, 3.05) is 14.2 Å². The van der Waals surface area contributed by atoms with Gasteiger partial charge in [0.1, 0.15) is 11.3 Å². The number of aliphatic hydroxyl groups is 1. The van der Waals surface area contributed by atoms with Gasteiger partial charge in [0.15, 0.2) is 11.5 Å². The second-order valence-electron chi connectivity index (χ2n) is 5.42. The first kappa shape index (κ1) is 16.6. The zero-order chi connectivity index (χ0) is 18.3. The maximum absolute atomic E-state index is 11.9. The van der Waals surface area contributed by atoms with Crippen molar-refractivity contribution in [1.29, 1.82) is 0 Å². The lowest BCUT2D eigenvalue weighted by Gasteiger charge is -2.18. The van der Waals surface area contributed by atoms with Gasteiger partial charge in [-0.2, -0.15) is 0 Å². The molecule has 8 nitrogen and oxygen atoms in total. The summed E-state index contributed by atoms with van der Waals surface area (Å²) < 4.78 is 14.9. The maximum Gasteiger partial charge on any atom is 0.347 e. The van der Waals surface area contributed by atoms with Crippen LogP contribution in [-0.4, -0.2) is 42.3 Å². The third kappa shape index (κ3) is 2.51. The SMILES string of the molecule is COc1cc2c(cc1OC)/C(O)=C(/C(=O)O)C1=C(CC2)C(=O)OC1=O. The number of aliphatic carboxylic acids is 1. The van der Waals surface area contributed by atoms with Gasteiger partial charge in [-0.25, -0.2) is 14.4 Å². The minimum atomic E-state index is -1.54. The number of benzene rings is 1. The molecule has 8 heteroatoms. The summed E-state index contributed by atoms with van der Waals surface area (Å²) >= 11 is 0. The number of cyclic esters (lactones) is 2. The normalized spacial score (nSPS) is 19.6. The Morgan fingerprint density at radius 2 is 1.72 bits per heavy atom. The van der Waals surface area contributed by atoms with Gasteiger partial charge in [-0.1, -0.05) is 0 Å². The molecule has 1 aliphatic heterocycles. The number of aryl methyl sites for hydroxylation is 1. The van der Waals surface area contributed by atoms with Gasteiger partial charge in [-0.05, 0) is 30.5 Å². The van der Waals surface area contributed by atoms with Crippen LogP contribution in [0.5, 0.6) is 11.5 Å². The molecule has 0 radical (unpaired) electrons. The van der Waals surface area contributed by atoms with Crippen molar-refractivity contribution < 1.29 is 38.8 Å². The van der Waals surface area contributed by atoms with Crippen LogP contribution >= 0.6 is 0 Å². The van der Waals surface area contributed by atoms with Gasteiger partial charge in [0.2, 0.25) is 0 Å². The molecule has 0 atom stereocenters. The van der Waals surface area contributed by atoms with Gasteiger partial charge in [-0.3, -0.25) is 0 Å². The predicted molar refractivity (Wildman–Crippen MR) is 83.2 cm³/mol. The minimum Gasteiger partial charge on any atom is -0.506 e. The molecule has 0 saturated carbocycles. The fourth-order valence-corrected chi connectivity index (χ4v) is 2.97. The van der Waals surface area contributed by atoms with E-state index in [-0.39, 0.29) is 29.7 Å². The number of carboxylic acids is 1. The van der Waals surface area contributed by atoms with Gasteiger partial charge in [0.25, 0.3) is 0 Å². The molecule has 0 bridgehead atoms. The lowest BCUT2D eigenvalue weighted by Crippen LogP contribution is -2.15. The third-order valence-corrected chi connectivity index (χ3v) is 4.15. The molecule has 1 aromatic carbocycles. The van der Waals surface area contributed by atoms with Crippen LogP contribution in [0.2, 0.25) is 0 Å². The summed E-state index contributed by atoms with van der Waals surface area (Å²) in [6, 6.07) is 3.03. The number of carboxylic acid groups (broad SMARTS) is 1. The highest BCUT2D eigenvalue weighted by Crippen LogP contribution is 2.39. The minimum absolute atomic E-state index is 0.0608. The highest BCUT2D eigenvalue weighted by Gasteiger charge is 2.40. The lowest BCUT2D eigenvalue weighted by molar-refractivity contribution is -0.151. The number of carbonyl (C=O) groups is 3. The van der Waals surface area contributed by atoms with E-state index in [1.54, 1.807) is 6.07 Å². The molecule has 1 aliphatic carbocycles. The van der Waals surface area contributed by atoms with Gasteiger partial charge >= 0.3 is 17.9 Å². The summed E-state index contributed by atoms with van der Waals surface area (Å²) in [4.78, 5) is 35.5. The van der Waals surface area contributed by atoms with Crippen molar-refractivity contribution in [3.8, 4) is 11.5 Å². The number of hydrogen-bond donors (Lipinski definition) is 2. The van der Waals surface area contributed by atoms with E-state index in [2.05, 4.69) is 4.74 Å². The number of carbonyl (C=O) groups excluding carboxylic acids is 2. The zero-order valence-electron chi connectivity index (χ0n) is 13.4. The molecule has 0 amide bonds. The molecule has 0 fully saturated rings. The van der Waals surface area contributed by atoms with Crippen LogP contribution in [0.1, 0.15) is 17.5 Å². The van der Waals surface area contributed by atoms with Crippen LogP contribution in [0.4, 0.5) is 0 Å². The summed E-state index contributed by atoms with van der Waals surface area (Å²) in [5.74, 6) is -3.46. The Hall–Kier alpha value is -3.29. The number of fused-ring (bicyclic) bond motifs is 1. The largest absolute Gasteiger partial charge is 0.506 e. The van der Waals surface area contributed by atoms with Crippen molar-refractivity contribution in [2.24, 2.45) is 0 Å². The molecule has 1 aromatic rings. The maximum atomic E-state index is 11.9. The van der Waals surface area contributed by atoms with E-state index in [0.717, 1.165) is 0 Å². The lowest BCUT2D eigenvalue weighted by atomic mass is 9.88. The van der Waals surface area contributed by atoms with Crippen LogP contribution in [0, 0.1) is 0 Å². The molecule has 3 rings (SSSR count). The van der Waals surface area contributed by atoms with Crippen molar-refractivity contribution in [3.63, 3.8) is 0 Å². The molecule has 0 spiro atoms. The molecular weight excluding hydrogens is 332 g/mol. The Bertz CT molecular complexity index is 875. The first-order chi connectivity index (χ1) is 11.9. The van der Waals surface area contributed by atoms with Gasteiger partial charge in [-0.15, -0.1) is 0 Å². The van der Waals surface area contributed by atoms with Crippen molar-refractivity contribution in [1.82, 2.24) is 0 Å². The number of hydrogen-bond acceptors (Lipinski definition) is 7. The second-order valence-corrected chi connectivity index (χ2v) is 5.42. The fraction of sp³-hybridized carbons (Fsp3) is 0.235. The van der Waals surface area contributed by atoms with E-state index >= 15 is 0 Å². The molecule has 1 heterocycles. The van der Waals surface area contributed by atoms with Crippen molar-refractivity contribution in [3.05, 3.63) is 40.0 Å². The van der Waals surface area contributed by atoms with Crippen molar-refractivity contribution >= 4 is 23.7 Å². The quantitative estimate of drug-likeness (QED) is 0.622. The van der Waals surface area contributed by atoms with Crippen molar-refractivity contribution in [2.45, 2.75) is 12.8 Å². The molecule has 0 aromatic heterocycles. The van der Waals surface area contributed by atoms with Crippen LogP contribution < -0.4 is 9.47 Å². The smallest absolute Gasteiger partial charge is 0.347 e. The van der Waals surface area contributed by atoms with Crippen LogP contribution in [0.15, 0.2) is 28.9 Å². The molecule has 2 N–H and O–H groups in total. The average Bonchev–Trinajstić information content (AvgIpc) is 2.84. The zero-order valence-corrected chi connectivity index (χ0v) is 13.4. The van der Waals surface area contributed by atoms with Crippen LogP contribution in [-0.2, 0) is 25.5 Å². The Labute approximate surface area is 141 Å². The molecule has 0 saturated heterocycles. The molecule has 25 heavy (non-hydrogen) atoms. The van der Waals surface area contributed by atoms with Gasteiger partial charge in [0, 0.05) is 5.56 Å². The highest BCUT2D eigenvalue weighted by atomic mass is 16.6. The molecule has 130 valence electrons. The van der Waals surface area contributed by atoms with E-state index in [0.29, 0.717) is 11.3 Å². The Morgan fingerprint density at radius 3 is 2.32 bits per heavy atom. The Kier molecular flexibility index (Phi) is 3.96. The summed E-state index contributed by atoms with van der Waals surface area (Å²) in [7, 11) is 2.85. The van der Waals surface area contributed by atoms with Crippen LogP contribution in [0.25, 0.3) is 5.76 Å². The fourth-order valence-electron chi connectivity index (χ4n) is 2.97. The topological polar surface area (TPSA) is 119 Å².